The summed E-state index contributed by atoms with van der Waals surface area (Å²) in [5, 5.41) is 4.81. The summed E-state index contributed by atoms with van der Waals surface area (Å²) in [4.78, 5) is 23.9. The van der Waals surface area contributed by atoms with Gasteiger partial charge in [-0.1, -0.05) is 23.2 Å². The molecule has 12 heteroatoms. The number of rotatable bonds is 3. The highest BCUT2D eigenvalue weighted by atomic mass is 35.5. The third-order valence-electron chi connectivity index (χ3n) is 3.81. The van der Waals surface area contributed by atoms with E-state index in [9.17, 15) is 18.0 Å². The molecule has 148 valence electrons. The number of benzene rings is 1. The number of hydrogen-bond donors (Lipinski definition) is 1. The fourth-order valence-corrected chi connectivity index (χ4v) is 3.65. The van der Waals surface area contributed by atoms with E-state index in [0.717, 1.165) is 28.6 Å². The minimum atomic E-state index is -4.53. The van der Waals surface area contributed by atoms with Gasteiger partial charge in [-0.05, 0) is 42.1 Å². The molecule has 1 aromatic carbocycles. The maximum absolute atomic E-state index is 12.7. The third-order valence-corrected chi connectivity index (χ3v) is 5.44. The lowest BCUT2D eigenvalue weighted by molar-refractivity contribution is -0.137. The van der Waals surface area contributed by atoms with Gasteiger partial charge < -0.3 is 4.98 Å². The van der Waals surface area contributed by atoms with Gasteiger partial charge in [0, 0.05) is 11.2 Å². The summed E-state index contributed by atoms with van der Waals surface area (Å²) in [6, 6.07) is 7.01. The lowest BCUT2D eigenvalue weighted by Crippen LogP contribution is -2.23. The average molecular weight is 458 g/mol. The number of halogens is 5. The number of alkyl halides is 3. The van der Waals surface area contributed by atoms with Gasteiger partial charge in [0.05, 0.1) is 27.7 Å². The quantitative estimate of drug-likeness (QED) is 0.469. The fraction of sp³-hybridized carbons (Fsp3) is 0.0588. The lowest BCUT2D eigenvalue weighted by atomic mass is 10.3. The molecule has 0 bridgehead atoms. The normalized spacial score (nSPS) is 11.9. The van der Waals surface area contributed by atoms with Crippen molar-refractivity contribution in [1.29, 1.82) is 0 Å². The Kier molecular flexibility index (Phi) is 5.01. The second-order valence-corrected chi connectivity index (χ2v) is 7.59. The summed E-state index contributed by atoms with van der Waals surface area (Å²) in [5.74, 6) is -0.0835. The molecule has 0 saturated carbocycles. The van der Waals surface area contributed by atoms with Crippen LogP contribution in [-0.4, -0.2) is 24.7 Å². The Hall–Kier alpha value is -2.56. The van der Waals surface area contributed by atoms with Gasteiger partial charge in [0.25, 0.3) is 5.56 Å². The molecule has 0 fully saturated rings. The van der Waals surface area contributed by atoms with Gasteiger partial charge in [-0.3, -0.25) is 4.79 Å². The number of fused-ring (bicyclic) bond motifs is 1. The second-order valence-electron chi connectivity index (χ2n) is 5.75. The van der Waals surface area contributed by atoms with Crippen LogP contribution in [0, 0.1) is 0 Å². The maximum Gasteiger partial charge on any atom is 0.417 e. The Morgan fingerprint density at radius 1 is 1.10 bits per heavy atom. The Morgan fingerprint density at radius 2 is 1.90 bits per heavy atom. The first kappa shape index (κ1) is 19.7. The van der Waals surface area contributed by atoms with Crippen molar-refractivity contribution in [3.63, 3.8) is 0 Å². The molecule has 0 aliphatic rings. The van der Waals surface area contributed by atoms with Crippen molar-refractivity contribution >= 4 is 46.0 Å². The number of H-pyrrole nitrogens is 1. The van der Waals surface area contributed by atoms with Crippen LogP contribution in [0.25, 0.3) is 16.9 Å². The first-order valence-corrected chi connectivity index (χ1v) is 9.44. The van der Waals surface area contributed by atoms with Gasteiger partial charge in [-0.25, -0.2) is 9.97 Å². The van der Waals surface area contributed by atoms with Crippen LogP contribution in [0.2, 0.25) is 10.0 Å². The highest BCUT2D eigenvalue weighted by Crippen LogP contribution is 2.31. The summed E-state index contributed by atoms with van der Waals surface area (Å²) in [5.41, 5.74) is -0.254. The monoisotopic (exact) mass is 457 g/mol. The minimum absolute atomic E-state index is 0.0835. The Balaban J connectivity index is 1.65. The largest absolute Gasteiger partial charge is 0.417 e. The zero-order valence-corrected chi connectivity index (χ0v) is 16.4. The first-order chi connectivity index (χ1) is 13.7. The van der Waals surface area contributed by atoms with Crippen LogP contribution >= 0.6 is 35.0 Å². The molecule has 0 aliphatic carbocycles. The van der Waals surface area contributed by atoms with Crippen molar-refractivity contribution in [2.45, 2.75) is 16.2 Å². The van der Waals surface area contributed by atoms with Gasteiger partial charge in [-0.2, -0.15) is 23.0 Å². The molecule has 0 atom stereocenters. The average Bonchev–Trinajstić information content (AvgIpc) is 3.06. The molecule has 0 saturated heterocycles. The van der Waals surface area contributed by atoms with E-state index in [4.69, 9.17) is 23.2 Å². The molecular formula is C17H8Cl2F3N5OS. The molecule has 0 unspecified atom stereocenters. The van der Waals surface area contributed by atoms with Crippen LogP contribution in [0.1, 0.15) is 5.56 Å². The SMILES string of the molecule is O=c1c(Cl)c(Sc2nc3ccc(Cl)cc3[nH]2)cnn1-c1ccc(C(F)(F)F)cn1. The summed E-state index contributed by atoms with van der Waals surface area (Å²) < 4.78 is 38.8. The van der Waals surface area contributed by atoms with Crippen LogP contribution in [0.15, 0.2) is 57.6 Å². The minimum Gasteiger partial charge on any atom is -0.333 e. The van der Waals surface area contributed by atoms with Crippen molar-refractivity contribution in [2.75, 3.05) is 0 Å². The van der Waals surface area contributed by atoms with Crippen molar-refractivity contribution in [1.82, 2.24) is 24.7 Å². The molecule has 0 radical (unpaired) electrons. The Bertz CT molecular complexity index is 1270. The molecular weight excluding hydrogens is 450 g/mol. The molecule has 0 amide bonds. The molecule has 0 aliphatic heterocycles. The molecule has 6 nitrogen and oxygen atoms in total. The van der Waals surface area contributed by atoms with E-state index in [-0.39, 0.29) is 10.8 Å². The van der Waals surface area contributed by atoms with Gasteiger partial charge in [-0.15, -0.1) is 0 Å². The topological polar surface area (TPSA) is 76.5 Å². The third kappa shape index (κ3) is 3.96. The van der Waals surface area contributed by atoms with E-state index in [1.54, 1.807) is 18.2 Å². The molecule has 3 heterocycles. The molecule has 3 aromatic heterocycles. The van der Waals surface area contributed by atoms with Crippen molar-refractivity contribution in [3.05, 3.63) is 68.7 Å². The summed E-state index contributed by atoms with van der Waals surface area (Å²) in [6.07, 6.45) is -2.59. The highest BCUT2D eigenvalue weighted by Gasteiger charge is 2.30. The first-order valence-electron chi connectivity index (χ1n) is 7.87. The molecule has 4 rings (SSSR count). The van der Waals surface area contributed by atoms with Crippen molar-refractivity contribution < 1.29 is 13.2 Å². The van der Waals surface area contributed by atoms with Crippen molar-refractivity contribution in [3.8, 4) is 5.82 Å². The van der Waals surface area contributed by atoms with E-state index in [0.29, 0.717) is 32.3 Å². The number of aromatic amines is 1. The van der Waals surface area contributed by atoms with Crippen LogP contribution in [-0.2, 0) is 6.18 Å². The van der Waals surface area contributed by atoms with Crippen LogP contribution < -0.4 is 5.56 Å². The number of aromatic nitrogens is 5. The van der Waals surface area contributed by atoms with E-state index >= 15 is 0 Å². The summed E-state index contributed by atoms with van der Waals surface area (Å²) >= 11 is 13.2. The molecule has 0 spiro atoms. The highest BCUT2D eigenvalue weighted by molar-refractivity contribution is 7.99. The van der Waals surface area contributed by atoms with Gasteiger partial charge in [0.2, 0.25) is 0 Å². The van der Waals surface area contributed by atoms with E-state index < -0.39 is 17.3 Å². The van der Waals surface area contributed by atoms with E-state index in [1.807, 2.05) is 0 Å². The smallest absolute Gasteiger partial charge is 0.333 e. The Labute approximate surface area is 174 Å². The van der Waals surface area contributed by atoms with E-state index in [1.165, 1.54) is 6.20 Å². The number of pyridine rings is 1. The van der Waals surface area contributed by atoms with Crippen LogP contribution in [0.3, 0.4) is 0 Å². The lowest BCUT2D eigenvalue weighted by Gasteiger charge is -2.09. The van der Waals surface area contributed by atoms with Gasteiger partial charge in [0.1, 0.15) is 5.02 Å². The maximum atomic E-state index is 12.7. The van der Waals surface area contributed by atoms with Crippen molar-refractivity contribution in [2.24, 2.45) is 0 Å². The van der Waals surface area contributed by atoms with Crippen LogP contribution in [0.4, 0.5) is 13.2 Å². The molecule has 4 aromatic rings. The zero-order chi connectivity index (χ0) is 20.8. The Morgan fingerprint density at radius 3 is 2.59 bits per heavy atom. The zero-order valence-electron chi connectivity index (χ0n) is 14.0. The van der Waals surface area contributed by atoms with E-state index in [2.05, 4.69) is 20.1 Å². The standard InChI is InChI=1S/C17H8Cl2F3N5OS/c18-9-2-3-10-11(5-9)26-16(25-10)29-12-7-24-27(15(28)14(12)19)13-4-1-8(6-23-13)17(20,21)22/h1-7H,(H,25,26). The number of hydrogen-bond acceptors (Lipinski definition) is 5. The predicted molar refractivity (Wildman–Crippen MR) is 103 cm³/mol. The predicted octanol–water partition coefficient (Wildman–Crippen LogP) is 4.98. The fourth-order valence-electron chi connectivity index (χ4n) is 2.44. The van der Waals surface area contributed by atoms with Gasteiger partial charge in [0.15, 0.2) is 11.0 Å². The second kappa shape index (κ2) is 7.36. The number of nitrogens with zero attached hydrogens (tertiary/aromatic N) is 4. The summed E-state index contributed by atoms with van der Waals surface area (Å²) in [6.45, 7) is 0. The summed E-state index contributed by atoms with van der Waals surface area (Å²) in [7, 11) is 0. The van der Waals surface area contributed by atoms with Crippen LogP contribution in [0.5, 0.6) is 0 Å². The molecule has 29 heavy (non-hydrogen) atoms. The number of nitrogens with one attached hydrogen (secondary N) is 1. The number of imidazole rings is 1. The van der Waals surface area contributed by atoms with Gasteiger partial charge >= 0.3 is 6.18 Å². The molecule has 1 N–H and O–H groups in total.